The van der Waals surface area contributed by atoms with E-state index in [1.165, 1.54) is 6.21 Å². The van der Waals surface area contributed by atoms with Crippen LogP contribution >= 0.6 is 11.6 Å². The quantitative estimate of drug-likeness (QED) is 0.406. The van der Waals surface area contributed by atoms with E-state index >= 15 is 0 Å². The monoisotopic (exact) mass is 406 g/mol. The molecule has 146 valence electrons. The molecule has 2 aromatic heterocycles. The molecule has 0 unspecified atom stereocenters. The second-order valence-electron chi connectivity index (χ2n) is 6.69. The Morgan fingerprint density at radius 3 is 2.72 bits per heavy atom. The van der Waals surface area contributed by atoms with Crippen LogP contribution in [0, 0.1) is 13.8 Å². The predicted molar refractivity (Wildman–Crippen MR) is 114 cm³/mol. The topological polar surface area (TPSA) is 77.1 Å². The highest BCUT2D eigenvalue weighted by molar-refractivity contribution is 6.32. The van der Waals surface area contributed by atoms with Crippen molar-refractivity contribution in [3.63, 3.8) is 0 Å². The fourth-order valence-electron chi connectivity index (χ4n) is 3.01. The Labute approximate surface area is 172 Å². The standard InChI is InChI=1S/C21H19ClN6O/c1-14-7-9-16(10-8-14)28-21(22)17(15(2)26-28)11-24-25-20(29)12-27-13-23-18-5-3-4-6-19(18)27/h3-11,13H,12H2,1-2H3,(H,25,29). The Morgan fingerprint density at radius 2 is 1.93 bits per heavy atom. The zero-order valence-corrected chi connectivity index (χ0v) is 16.8. The number of nitrogens with one attached hydrogen (secondary N) is 1. The summed E-state index contributed by atoms with van der Waals surface area (Å²) < 4.78 is 3.42. The summed E-state index contributed by atoms with van der Waals surface area (Å²) in [6.45, 7) is 3.98. The van der Waals surface area contributed by atoms with Gasteiger partial charge in [0.15, 0.2) is 0 Å². The van der Waals surface area contributed by atoms with Gasteiger partial charge in [-0.2, -0.15) is 10.2 Å². The number of nitrogens with zero attached hydrogens (tertiary/aromatic N) is 5. The number of rotatable bonds is 5. The van der Waals surface area contributed by atoms with Gasteiger partial charge in [0.05, 0.1) is 40.5 Å². The van der Waals surface area contributed by atoms with Crippen LogP contribution in [0.25, 0.3) is 16.7 Å². The summed E-state index contributed by atoms with van der Waals surface area (Å²) in [4.78, 5) is 16.5. The number of amides is 1. The van der Waals surface area contributed by atoms with Crippen molar-refractivity contribution in [3.8, 4) is 5.69 Å². The minimum Gasteiger partial charge on any atom is -0.321 e. The lowest BCUT2D eigenvalue weighted by Gasteiger charge is -2.03. The summed E-state index contributed by atoms with van der Waals surface area (Å²) >= 11 is 6.48. The van der Waals surface area contributed by atoms with Crippen molar-refractivity contribution >= 4 is 34.8 Å². The van der Waals surface area contributed by atoms with E-state index in [1.54, 1.807) is 15.6 Å². The third kappa shape index (κ3) is 3.90. The smallest absolute Gasteiger partial charge is 0.260 e. The minimum absolute atomic E-state index is 0.118. The van der Waals surface area contributed by atoms with Gasteiger partial charge in [0.1, 0.15) is 11.7 Å². The summed E-state index contributed by atoms with van der Waals surface area (Å²) in [6, 6.07) is 15.5. The van der Waals surface area contributed by atoms with Gasteiger partial charge in [-0.1, -0.05) is 41.4 Å². The first-order valence-corrected chi connectivity index (χ1v) is 9.44. The molecule has 0 aliphatic rings. The van der Waals surface area contributed by atoms with Crippen LogP contribution in [-0.2, 0) is 11.3 Å². The zero-order valence-electron chi connectivity index (χ0n) is 16.0. The molecule has 0 fully saturated rings. The first kappa shape index (κ1) is 18.9. The molecule has 1 N–H and O–H groups in total. The minimum atomic E-state index is -0.260. The molecule has 0 radical (unpaired) electrons. The fraction of sp³-hybridized carbons (Fsp3) is 0.143. The molecule has 2 heterocycles. The maximum atomic E-state index is 12.2. The lowest BCUT2D eigenvalue weighted by molar-refractivity contribution is -0.121. The van der Waals surface area contributed by atoms with E-state index in [-0.39, 0.29) is 12.5 Å². The van der Waals surface area contributed by atoms with Gasteiger partial charge in [-0.3, -0.25) is 4.79 Å². The molecule has 0 atom stereocenters. The molecule has 0 saturated heterocycles. The first-order valence-electron chi connectivity index (χ1n) is 9.07. The molecular weight excluding hydrogens is 388 g/mol. The van der Waals surface area contributed by atoms with Crippen LogP contribution in [0.4, 0.5) is 0 Å². The number of hydrazone groups is 1. The maximum absolute atomic E-state index is 12.2. The Hall–Kier alpha value is -3.45. The summed E-state index contributed by atoms with van der Waals surface area (Å²) in [7, 11) is 0. The zero-order chi connectivity index (χ0) is 20.4. The van der Waals surface area contributed by atoms with E-state index in [0.717, 1.165) is 22.3 Å². The molecule has 2 aromatic carbocycles. The number of halogens is 1. The molecule has 0 bridgehead atoms. The molecule has 0 aliphatic carbocycles. The summed E-state index contributed by atoms with van der Waals surface area (Å²) in [5.41, 5.74) is 7.65. The average molecular weight is 407 g/mol. The van der Waals surface area contributed by atoms with Gasteiger partial charge < -0.3 is 4.57 Å². The average Bonchev–Trinajstić information content (AvgIpc) is 3.24. The number of imidazole rings is 1. The molecular formula is C21H19ClN6O. The molecule has 1 amide bonds. The van der Waals surface area contributed by atoms with Crippen molar-refractivity contribution in [2.24, 2.45) is 5.10 Å². The molecule has 4 rings (SSSR count). The Bertz CT molecular complexity index is 1210. The van der Waals surface area contributed by atoms with Crippen molar-refractivity contribution in [1.29, 1.82) is 0 Å². The van der Waals surface area contributed by atoms with Crippen LogP contribution in [0.2, 0.25) is 5.15 Å². The van der Waals surface area contributed by atoms with Crippen LogP contribution in [0.3, 0.4) is 0 Å². The first-order chi connectivity index (χ1) is 14.0. The van der Waals surface area contributed by atoms with Gasteiger partial charge in [0.25, 0.3) is 5.91 Å². The van der Waals surface area contributed by atoms with Crippen molar-refractivity contribution < 1.29 is 4.79 Å². The number of hydrogen-bond acceptors (Lipinski definition) is 4. The Kier molecular flexibility index (Phi) is 5.14. The lowest BCUT2D eigenvalue weighted by Crippen LogP contribution is -2.22. The van der Waals surface area contributed by atoms with E-state index < -0.39 is 0 Å². The normalized spacial score (nSPS) is 11.4. The largest absolute Gasteiger partial charge is 0.321 e. The van der Waals surface area contributed by atoms with Crippen molar-refractivity contribution in [1.82, 2.24) is 24.8 Å². The predicted octanol–water partition coefficient (Wildman–Crippen LogP) is 3.64. The molecule has 7 nitrogen and oxygen atoms in total. The van der Waals surface area contributed by atoms with Crippen molar-refractivity contribution in [3.05, 3.63) is 76.8 Å². The number of hydrogen-bond donors (Lipinski definition) is 1. The number of carbonyl (C=O) groups excluding carboxylic acids is 1. The molecule has 0 aliphatic heterocycles. The van der Waals surface area contributed by atoms with Crippen LogP contribution < -0.4 is 5.43 Å². The fourth-order valence-corrected chi connectivity index (χ4v) is 3.33. The van der Waals surface area contributed by atoms with Gasteiger partial charge in [0.2, 0.25) is 0 Å². The molecule has 0 spiro atoms. The van der Waals surface area contributed by atoms with Crippen LogP contribution in [0.1, 0.15) is 16.8 Å². The summed E-state index contributed by atoms with van der Waals surface area (Å²) in [6.07, 6.45) is 3.15. The summed E-state index contributed by atoms with van der Waals surface area (Å²) in [5.74, 6) is -0.260. The van der Waals surface area contributed by atoms with Crippen molar-refractivity contribution in [2.75, 3.05) is 0 Å². The Morgan fingerprint density at radius 1 is 1.17 bits per heavy atom. The van der Waals surface area contributed by atoms with E-state index in [9.17, 15) is 4.79 Å². The Balaban J connectivity index is 1.46. The number of fused-ring (bicyclic) bond motifs is 1. The van der Waals surface area contributed by atoms with Crippen LogP contribution in [0.15, 0.2) is 60.0 Å². The maximum Gasteiger partial charge on any atom is 0.260 e. The van der Waals surface area contributed by atoms with Gasteiger partial charge in [-0.15, -0.1) is 0 Å². The van der Waals surface area contributed by atoms with Crippen LogP contribution in [-0.4, -0.2) is 31.5 Å². The SMILES string of the molecule is Cc1ccc(-n2nc(C)c(C=NNC(=O)Cn3cnc4ccccc43)c2Cl)cc1. The van der Waals surface area contributed by atoms with Crippen LogP contribution in [0.5, 0.6) is 0 Å². The molecule has 29 heavy (non-hydrogen) atoms. The number of aromatic nitrogens is 4. The highest BCUT2D eigenvalue weighted by atomic mass is 35.5. The van der Waals surface area contributed by atoms with Gasteiger partial charge in [-0.25, -0.2) is 15.1 Å². The number of benzene rings is 2. The summed E-state index contributed by atoms with van der Waals surface area (Å²) in [5, 5.41) is 8.96. The van der Waals surface area contributed by atoms with E-state index in [0.29, 0.717) is 16.4 Å². The number of para-hydroxylation sites is 2. The molecule has 0 saturated carbocycles. The third-order valence-corrected chi connectivity index (χ3v) is 4.91. The second kappa shape index (κ2) is 7.89. The number of carbonyl (C=O) groups is 1. The van der Waals surface area contributed by atoms with Gasteiger partial charge >= 0.3 is 0 Å². The highest BCUT2D eigenvalue weighted by Crippen LogP contribution is 2.22. The molecule has 4 aromatic rings. The second-order valence-corrected chi connectivity index (χ2v) is 7.05. The van der Waals surface area contributed by atoms with Gasteiger partial charge in [0, 0.05) is 0 Å². The molecule has 8 heteroatoms. The van der Waals surface area contributed by atoms with E-state index in [1.807, 2.05) is 62.4 Å². The highest BCUT2D eigenvalue weighted by Gasteiger charge is 2.13. The third-order valence-electron chi connectivity index (χ3n) is 4.55. The lowest BCUT2D eigenvalue weighted by atomic mass is 10.2. The number of aryl methyl sites for hydroxylation is 2. The van der Waals surface area contributed by atoms with E-state index in [4.69, 9.17) is 11.6 Å². The van der Waals surface area contributed by atoms with Crippen molar-refractivity contribution in [2.45, 2.75) is 20.4 Å². The van der Waals surface area contributed by atoms with Gasteiger partial charge in [-0.05, 0) is 38.1 Å². The van der Waals surface area contributed by atoms with E-state index in [2.05, 4.69) is 20.6 Å².